The van der Waals surface area contributed by atoms with Crippen LogP contribution in [0.3, 0.4) is 0 Å². The number of nitrogens with zero attached hydrogens (tertiary/aromatic N) is 3. The summed E-state index contributed by atoms with van der Waals surface area (Å²) in [5, 5.41) is 3.39. The van der Waals surface area contributed by atoms with Crippen molar-refractivity contribution in [1.29, 1.82) is 0 Å². The number of anilines is 1. The molecule has 2 aromatic rings. The topological polar surface area (TPSA) is 65.5 Å². The van der Waals surface area contributed by atoms with E-state index in [1.165, 1.54) is 11.3 Å². The molecule has 2 amide bonds. The first-order valence-corrected chi connectivity index (χ1v) is 11.0. The van der Waals surface area contributed by atoms with Crippen LogP contribution in [0.1, 0.15) is 34.8 Å². The Morgan fingerprint density at radius 2 is 1.75 bits per heavy atom. The first-order valence-electron chi connectivity index (χ1n) is 9.35. The second-order valence-corrected chi connectivity index (χ2v) is 8.59. The van der Waals surface area contributed by atoms with Crippen LogP contribution in [-0.4, -0.2) is 59.3 Å². The molecule has 0 atom stereocenters. The van der Waals surface area contributed by atoms with Crippen molar-refractivity contribution in [2.45, 2.75) is 27.7 Å². The molecule has 0 aliphatic heterocycles. The molecule has 0 bridgehead atoms. The van der Waals surface area contributed by atoms with Gasteiger partial charge in [-0.25, -0.2) is 4.98 Å². The third kappa shape index (κ3) is 6.39. The van der Waals surface area contributed by atoms with Crippen LogP contribution in [0, 0.1) is 13.8 Å². The molecular formula is C20H27BrN4O2S. The zero-order valence-corrected chi connectivity index (χ0v) is 19.2. The molecule has 0 aliphatic carbocycles. The Bertz CT molecular complexity index is 784. The molecule has 2 rings (SSSR count). The van der Waals surface area contributed by atoms with Gasteiger partial charge < -0.3 is 15.1 Å². The van der Waals surface area contributed by atoms with Gasteiger partial charge in [0.1, 0.15) is 6.54 Å². The first-order chi connectivity index (χ1) is 13.3. The lowest BCUT2D eigenvalue weighted by Gasteiger charge is -2.26. The molecular weight excluding hydrogens is 440 g/mol. The van der Waals surface area contributed by atoms with Crippen LogP contribution in [0.15, 0.2) is 28.7 Å². The fourth-order valence-electron chi connectivity index (χ4n) is 2.69. The number of carbonyl (C=O) groups excluding carboxylic acids is 2. The number of halogens is 1. The van der Waals surface area contributed by atoms with Gasteiger partial charge in [-0.2, -0.15) is 0 Å². The highest BCUT2D eigenvalue weighted by molar-refractivity contribution is 9.10. The number of hydrogen-bond acceptors (Lipinski definition) is 5. The standard InChI is InChI=1S/C20H27BrN4O2S/c1-5-24(6-2)11-12-25(19(27)16-7-9-17(21)10-8-16)13-18(26)23-20-22-14(3)15(4)28-20/h7-10H,5-6,11-13H2,1-4H3,(H,22,23,26). The number of nitrogens with one attached hydrogen (secondary N) is 1. The second kappa shape index (κ2) is 10.7. The van der Waals surface area contributed by atoms with E-state index >= 15 is 0 Å². The lowest BCUT2D eigenvalue weighted by molar-refractivity contribution is -0.116. The van der Waals surface area contributed by atoms with Crippen LogP contribution in [0.25, 0.3) is 0 Å². The van der Waals surface area contributed by atoms with E-state index in [4.69, 9.17) is 0 Å². The summed E-state index contributed by atoms with van der Waals surface area (Å²) < 4.78 is 0.908. The van der Waals surface area contributed by atoms with Gasteiger partial charge >= 0.3 is 0 Å². The molecule has 1 N–H and O–H groups in total. The molecule has 0 saturated heterocycles. The number of likely N-dealkylation sites (N-methyl/N-ethyl adjacent to an activating group) is 1. The molecule has 28 heavy (non-hydrogen) atoms. The Labute approximate surface area is 179 Å². The average Bonchev–Trinajstić information content (AvgIpc) is 2.98. The van der Waals surface area contributed by atoms with Crippen LogP contribution in [0.5, 0.6) is 0 Å². The maximum atomic E-state index is 13.0. The van der Waals surface area contributed by atoms with Gasteiger partial charge in [0, 0.05) is 28.0 Å². The smallest absolute Gasteiger partial charge is 0.254 e. The largest absolute Gasteiger partial charge is 0.328 e. The maximum Gasteiger partial charge on any atom is 0.254 e. The Balaban J connectivity index is 2.10. The van der Waals surface area contributed by atoms with Crippen molar-refractivity contribution in [3.05, 3.63) is 44.9 Å². The van der Waals surface area contributed by atoms with Gasteiger partial charge in [0.15, 0.2) is 5.13 Å². The van der Waals surface area contributed by atoms with Crippen molar-refractivity contribution < 1.29 is 9.59 Å². The van der Waals surface area contributed by atoms with Crippen LogP contribution in [0.2, 0.25) is 0 Å². The summed E-state index contributed by atoms with van der Waals surface area (Å²) in [5.74, 6) is -0.389. The number of aromatic nitrogens is 1. The third-order valence-electron chi connectivity index (χ3n) is 4.57. The summed E-state index contributed by atoms with van der Waals surface area (Å²) >= 11 is 4.83. The number of benzene rings is 1. The number of carbonyl (C=O) groups is 2. The van der Waals surface area contributed by atoms with Gasteiger partial charge in [0.05, 0.1) is 5.69 Å². The minimum absolute atomic E-state index is 0.00611. The van der Waals surface area contributed by atoms with E-state index in [0.717, 1.165) is 34.7 Å². The lowest BCUT2D eigenvalue weighted by Crippen LogP contribution is -2.42. The second-order valence-electron chi connectivity index (χ2n) is 6.47. The lowest BCUT2D eigenvalue weighted by atomic mass is 10.2. The van der Waals surface area contributed by atoms with E-state index in [1.807, 2.05) is 26.0 Å². The van der Waals surface area contributed by atoms with Crippen molar-refractivity contribution in [3.8, 4) is 0 Å². The average molecular weight is 467 g/mol. The summed E-state index contributed by atoms with van der Waals surface area (Å²) in [7, 11) is 0. The molecule has 0 aliphatic rings. The number of hydrogen-bond donors (Lipinski definition) is 1. The third-order valence-corrected chi connectivity index (χ3v) is 6.09. The van der Waals surface area contributed by atoms with Crippen LogP contribution < -0.4 is 5.32 Å². The predicted molar refractivity (Wildman–Crippen MR) is 118 cm³/mol. The number of aryl methyl sites for hydroxylation is 2. The van der Waals surface area contributed by atoms with Crippen LogP contribution in [-0.2, 0) is 4.79 Å². The van der Waals surface area contributed by atoms with Crippen molar-refractivity contribution in [3.63, 3.8) is 0 Å². The normalized spacial score (nSPS) is 10.9. The van der Waals surface area contributed by atoms with Gasteiger partial charge in [-0.3, -0.25) is 9.59 Å². The zero-order chi connectivity index (χ0) is 20.7. The van der Waals surface area contributed by atoms with Crippen LogP contribution >= 0.6 is 27.3 Å². The van der Waals surface area contributed by atoms with Crippen molar-refractivity contribution in [2.24, 2.45) is 0 Å². The summed E-state index contributed by atoms with van der Waals surface area (Å²) in [6.07, 6.45) is 0. The fraction of sp³-hybridized carbons (Fsp3) is 0.450. The highest BCUT2D eigenvalue weighted by atomic mass is 79.9. The minimum atomic E-state index is -0.237. The number of thiazole rings is 1. The Kier molecular flexibility index (Phi) is 8.59. The van der Waals surface area contributed by atoms with E-state index in [9.17, 15) is 9.59 Å². The van der Waals surface area contributed by atoms with Gasteiger partial charge in [0.2, 0.25) is 5.91 Å². The number of rotatable bonds is 9. The van der Waals surface area contributed by atoms with Crippen LogP contribution in [0.4, 0.5) is 5.13 Å². The van der Waals surface area contributed by atoms with Gasteiger partial charge in [0.25, 0.3) is 5.91 Å². The molecule has 0 spiro atoms. The quantitative estimate of drug-likeness (QED) is 0.607. The molecule has 8 heteroatoms. The van der Waals surface area contributed by atoms with Crippen molar-refractivity contribution in [2.75, 3.05) is 38.0 Å². The fourth-order valence-corrected chi connectivity index (χ4v) is 3.78. The first kappa shape index (κ1) is 22.5. The molecule has 0 unspecified atom stereocenters. The molecule has 0 radical (unpaired) electrons. The minimum Gasteiger partial charge on any atom is -0.328 e. The molecule has 6 nitrogen and oxygen atoms in total. The van der Waals surface area contributed by atoms with E-state index < -0.39 is 0 Å². The Morgan fingerprint density at radius 3 is 2.29 bits per heavy atom. The molecule has 1 aromatic carbocycles. The van der Waals surface area contributed by atoms with E-state index in [0.29, 0.717) is 17.2 Å². The van der Waals surface area contributed by atoms with E-state index in [1.54, 1.807) is 17.0 Å². The van der Waals surface area contributed by atoms with Crippen molar-refractivity contribution >= 4 is 44.2 Å². The Morgan fingerprint density at radius 1 is 1.11 bits per heavy atom. The molecule has 0 saturated carbocycles. The summed E-state index contributed by atoms with van der Waals surface area (Å²) in [5.41, 5.74) is 1.47. The highest BCUT2D eigenvalue weighted by Gasteiger charge is 2.20. The zero-order valence-electron chi connectivity index (χ0n) is 16.8. The van der Waals surface area contributed by atoms with Gasteiger partial charge in [-0.15, -0.1) is 11.3 Å². The maximum absolute atomic E-state index is 13.0. The van der Waals surface area contributed by atoms with E-state index in [-0.39, 0.29) is 18.4 Å². The SMILES string of the molecule is CCN(CC)CCN(CC(=O)Nc1nc(C)c(C)s1)C(=O)c1ccc(Br)cc1. The molecule has 1 aromatic heterocycles. The van der Waals surface area contributed by atoms with Crippen molar-refractivity contribution in [1.82, 2.24) is 14.8 Å². The highest BCUT2D eigenvalue weighted by Crippen LogP contribution is 2.21. The summed E-state index contributed by atoms with van der Waals surface area (Å²) in [6, 6.07) is 7.19. The predicted octanol–water partition coefficient (Wildman–Crippen LogP) is 3.95. The summed E-state index contributed by atoms with van der Waals surface area (Å²) in [4.78, 5) is 34.8. The monoisotopic (exact) mass is 466 g/mol. The summed E-state index contributed by atoms with van der Waals surface area (Å²) in [6.45, 7) is 11.1. The van der Waals surface area contributed by atoms with Gasteiger partial charge in [-0.1, -0.05) is 29.8 Å². The Hall–Kier alpha value is -1.77. The number of amides is 2. The van der Waals surface area contributed by atoms with Gasteiger partial charge in [-0.05, 0) is 51.2 Å². The van der Waals surface area contributed by atoms with E-state index in [2.05, 4.69) is 45.0 Å². The molecule has 1 heterocycles. The molecule has 0 fully saturated rings. The molecule has 152 valence electrons.